The molecule has 6 nitrogen and oxygen atoms in total. The minimum absolute atomic E-state index is 0.114. The fourth-order valence-electron chi connectivity index (χ4n) is 1.46. The third-order valence-electron chi connectivity index (χ3n) is 2.60. The molecule has 0 atom stereocenters. The number of aromatic nitrogens is 2. The lowest BCUT2D eigenvalue weighted by Gasteiger charge is -2.03. The molecular weight excluding hydrogens is 339 g/mol. The molecule has 0 saturated heterocycles. The van der Waals surface area contributed by atoms with E-state index in [0.717, 1.165) is 0 Å². The van der Waals surface area contributed by atoms with Crippen LogP contribution < -0.4 is 10.6 Å². The van der Waals surface area contributed by atoms with Gasteiger partial charge in [0.1, 0.15) is 5.82 Å². The van der Waals surface area contributed by atoms with E-state index in [0.29, 0.717) is 15.2 Å². The number of benzene rings is 1. The Morgan fingerprint density at radius 3 is 2.78 bits per heavy atom. The Labute approximate surface area is 140 Å². The van der Waals surface area contributed by atoms with Crippen LogP contribution >= 0.6 is 23.1 Å². The number of carbonyl (C=O) groups excluding carboxylic acids is 2. The van der Waals surface area contributed by atoms with Gasteiger partial charge in [0.2, 0.25) is 16.9 Å². The second-order valence-corrected chi connectivity index (χ2v) is 7.06. The van der Waals surface area contributed by atoms with Gasteiger partial charge in [-0.2, -0.15) is 0 Å². The van der Waals surface area contributed by atoms with E-state index >= 15 is 0 Å². The molecule has 2 amide bonds. The molecule has 2 N–H and O–H groups in total. The summed E-state index contributed by atoms with van der Waals surface area (Å²) in [5.41, 5.74) is 0.401. The van der Waals surface area contributed by atoms with Gasteiger partial charge in [-0.1, -0.05) is 43.0 Å². The molecule has 1 heterocycles. The van der Waals surface area contributed by atoms with E-state index in [1.54, 1.807) is 19.9 Å². The third kappa shape index (κ3) is 5.61. The normalized spacial score (nSPS) is 10.6. The van der Waals surface area contributed by atoms with Crippen LogP contribution in [-0.2, 0) is 9.59 Å². The molecule has 0 spiro atoms. The van der Waals surface area contributed by atoms with Crippen molar-refractivity contribution in [2.75, 3.05) is 16.4 Å². The number of rotatable bonds is 6. The van der Waals surface area contributed by atoms with Gasteiger partial charge in [0, 0.05) is 11.6 Å². The van der Waals surface area contributed by atoms with Crippen LogP contribution in [0.3, 0.4) is 0 Å². The second kappa shape index (κ2) is 8.02. The summed E-state index contributed by atoms with van der Waals surface area (Å²) in [6.45, 7) is 3.56. The van der Waals surface area contributed by atoms with E-state index in [9.17, 15) is 14.0 Å². The fourth-order valence-corrected chi connectivity index (χ4v) is 3.01. The van der Waals surface area contributed by atoms with Crippen LogP contribution in [0.5, 0.6) is 0 Å². The molecule has 0 unspecified atom stereocenters. The number of thioether (sulfide) groups is 1. The van der Waals surface area contributed by atoms with Crippen molar-refractivity contribution >= 4 is 45.7 Å². The number of hydrogen-bond donors (Lipinski definition) is 2. The van der Waals surface area contributed by atoms with Crippen molar-refractivity contribution in [3.8, 4) is 0 Å². The largest absolute Gasteiger partial charge is 0.325 e. The van der Waals surface area contributed by atoms with E-state index in [4.69, 9.17) is 0 Å². The summed E-state index contributed by atoms with van der Waals surface area (Å²) in [5, 5.41) is 13.4. The molecule has 0 aliphatic heterocycles. The molecule has 0 fully saturated rings. The van der Waals surface area contributed by atoms with Crippen molar-refractivity contribution in [3.05, 3.63) is 30.1 Å². The number of nitrogens with zero attached hydrogens (tertiary/aromatic N) is 2. The van der Waals surface area contributed by atoms with Crippen molar-refractivity contribution in [3.63, 3.8) is 0 Å². The zero-order valence-corrected chi connectivity index (χ0v) is 14.1. The predicted octanol–water partition coefficient (Wildman–Crippen LogP) is 3.00. The molecule has 23 heavy (non-hydrogen) atoms. The lowest BCUT2D eigenvalue weighted by molar-refractivity contribution is -0.119. The molecular formula is C14H15FN4O2S2. The number of amides is 2. The smallest absolute Gasteiger partial charge is 0.234 e. The van der Waals surface area contributed by atoms with Crippen molar-refractivity contribution in [1.29, 1.82) is 0 Å². The van der Waals surface area contributed by atoms with Gasteiger partial charge in [-0.05, 0) is 18.2 Å². The van der Waals surface area contributed by atoms with Crippen LogP contribution in [-0.4, -0.2) is 27.8 Å². The zero-order chi connectivity index (χ0) is 16.8. The molecule has 122 valence electrons. The Kier molecular flexibility index (Phi) is 6.05. The summed E-state index contributed by atoms with van der Waals surface area (Å²) in [4.78, 5) is 23.3. The number of nitrogens with one attached hydrogen (secondary N) is 2. The van der Waals surface area contributed by atoms with Gasteiger partial charge in [0.05, 0.1) is 5.75 Å². The molecule has 0 bridgehead atoms. The molecule has 0 radical (unpaired) electrons. The van der Waals surface area contributed by atoms with E-state index in [1.165, 1.54) is 41.3 Å². The van der Waals surface area contributed by atoms with Gasteiger partial charge in [-0.15, -0.1) is 10.2 Å². The summed E-state index contributed by atoms with van der Waals surface area (Å²) in [6, 6.07) is 5.67. The molecule has 0 saturated carbocycles. The monoisotopic (exact) mass is 354 g/mol. The van der Waals surface area contributed by atoms with Crippen LogP contribution in [0.1, 0.15) is 13.8 Å². The third-order valence-corrected chi connectivity index (χ3v) is 4.57. The van der Waals surface area contributed by atoms with Gasteiger partial charge in [0.25, 0.3) is 0 Å². The first-order valence-electron chi connectivity index (χ1n) is 6.76. The van der Waals surface area contributed by atoms with Crippen molar-refractivity contribution < 1.29 is 14.0 Å². The SMILES string of the molecule is CC(C)C(=O)Nc1nnc(SCC(=O)Nc2cccc(F)c2)s1. The van der Waals surface area contributed by atoms with Crippen LogP contribution in [0, 0.1) is 11.7 Å². The standard InChI is InChI=1S/C14H15FN4O2S2/c1-8(2)12(21)17-13-18-19-14(23-13)22-7-11(20)16-10-5-3-4-9(15)6-10/h3-6,8H,7H2,1-2H3,(H,16,20)(H,17,18,21). The number of anilines is 2. The Balaban J connectivity index is 1.83. The summed E-state index contributed by atoms with van der Waals surface area (Å²) >= 11 is 2.39. The highest BCUT2D eigenvalue weighted by Gasteiger charge is 2.12. The Bertz CT molecular complexity index is 706. The van der Waals surface area contributed by atoms with E-state index in [1.807, 2.05) is 0 Å². The fraction of sp³-hybridized carbons (Fsp3) is 0.286. The Hall–Kier alpha value is -2.00. The lowest BCUT2D eigenvalue weighted by Crippen LogP contribution is -2.17. The zero-order valence-electron chi connectivity index (χ0n) is 12.5. The predicted molar refractivity (Wildman–Crippen MR) is 89.1 cm³/mol. The highest BCUT2D eigenvalue weighted by Crippen LogP contribution is 2.25. The number of halogens is 1. The molecule has 2 aromatic rings. The number of hydrogen-bond acceptors (Lipinski definition) is 6. The Morgan fingerprint density at radius 2 is 2.09 bits per heavy atom. The molecule has 2 rings (SSSR count). The van der Waals surface area contributed by atoms with Gasteiger partial charge >= 0.3 is 0 Å². The second-order valence-electron chi connectivity index (χ2n) is 4.86. The highest BCUT2D eigenvalue weighted by molar-refractivity contribution is 8.01. The van der Waals surface area contributed by atoms with Crippen molar-refractivity contribution in [2.45, 2.75) is 18.2 Å². The Morgan fingerprint density at radius 1 is 1.30 bits per heavy atom. The highest BCUT2D eigenvalue weighted by atomic mass is 32.2. The molecule has 0 aliphatic carbocycles. The lowest BCUT2D eigenvalue weighted by atomic mass is 10.2. The van der Waals surface area contributed by atoms with Crippen LogP contribution in [0.25, 0.3) is 0 Å². The molecule has 9 heteroatoms. The van der Waals surface area contributed by atoms with Gasteiger partial charge in [-0.25, -0.2) is 4.39 Å². The maximum Gasteiger partial charge on any atom is 0.234 e. The first-order chi connectivity index (χ1) is 10.9. The van der Waals surface area contributed by atoms with Gasteiger partial charge in [0.15, 0.2) is 4.34 Å². The van der Waals surface area contributed by atoms with Gasteiger partial charge in [-0.3, -0.25) is 9.59 Å². The topological polar surface area (TPSA) is 84.0 Å². The molecule has 1 aromatic heterocycles. The number of carbonyl (C=O) groups is 2. The maximum absolute atomic E-state index is 13.0. The minimum Gasteiger partial charge on any atom is -0.325 e. The van der Waals surface area contributed by atoms with Crippen LogP contribution in [0.15, 0.2) is 28.6 Å². The average molecular weight is 354 g/mol. The minimum atomic E-state index is -0.412. The summed E-state index contributed by atoms with van der Waals surface area (Å²) in [7, 11) is 0. The quantitative estimate of drug-likeness (QED) is 0.615. The van der Waals surface area contributed by atoms with Crippen molar-refractivity contribution in [2.24, 2.45) is 5.92 Å². The molecule has 0 aliphatic rings. The van der Waals surface area contributed by atoms with Gasteiger partial charge < -0.3 is 10.6 Å². The van der Waals surface area contributed by atoms with E-state index in [2.05, 4.69) is 20.8 Å². The van der Waals surface area contributed by atoms with Crippen LogP contribution in [0.4, 0.5) is 15.2 Å². The van der Waals surface area contributed by atoms with Crippen LogP contribution in [0.2, 0.25) is 0 Å². The molecule has 1 aromatic carbocycles. The maximum atomic E-state index is 13.0. The summed E-state index contributed by atoms with van der Waals surface area (Å²) < 4.78 is 13.6. The average Bonchev–Trinajstić information content (AvgIpc) is 2.92. The summed E-state index contributed by atoms with van der Waals surface area (Å²) in [6.07, 6.45) is 0. The first kappa shape index (κ1) is 17.4. The first-order valence-corrected chi connectivity index (χ1v) is 8.57. The summed E-state index contributed by atoms with van der Waals surface area (Å²) in [5.74, 6) is -0.856. The van der Waals surface area contributed by atoms with E-state index < -0.39 is 5.82 Å². The van der Waals surface area contributed by atoms with Crippen molar-refractivity contribution in [1.82, 2.24) is 10.2 Å². The van der Waals surface area contributed by atoms with E-state index in [-0.39, 0.29) is 23.5 Å².